The maximum Gasteiger partial charge on any atom is 0.573 e. The van der Waals surface area contributed by atoms with Gasteiger partial charge < -0.3 is 19.5 Å². The Labute approximate surface area is 194 Å². The van der Waals surface area contributed by atoms with Crippen LogP contribution in [-0.2, 0) is 0 Å². The highest BCUT2D eigenvalue weighted by atomic mass is 19.4. The molecule has 10 heteroatoms. The molecule has 0 radical (unpaired) electrons. The van der Waals surface area contributed by atoms with Crippen LogP contribution in [0.25, 0.3) is 11.2 Å². The molecule has 2 aliphatic heterocycles. The summed E-state index contributed by atoms with van der Waals surface area (Å²) in [6.07, 6.45) is -0.296. The van der Waals surface area contributed by atoms with E-state index < -0.39 is 6.36 Å². The van der Waals surface area contributed by atoms with Crippen LogP contribution in [0.5, 0.6) is 5.75 Å². The molecule has 0 saturated carbocycles. The Bertz CT molecular complexity index is 1170. The standard InChI is InChI=1S/C24H26F3N5O2/c1-31-11-7-17(14-31)21-29-20-19(6-10-28-22(20)30-21)15-8-12-32(13-9-15)23(33)16-2-4-18(5-3-16)34-24(25,26)27/h2-6,10,15,17H,7-9,11-14H2,1H3,(H,28,29,30). The molecule has 1 atom stereocenters. The van der Waals surface area contributed by atoms with Crippen molar-refractivity contribution in [2.24, 2.45) is 0 Å². The first-order chi connectivity index (χ1) is 16.3. The van der Waals surface area contributed by atoms with E-state index in [4.69, 9.17) is 4.98 Å². The van der Waals surface area contributed by atoms with E-state index in [9.17, 15) is 18.0 Å². The van der Waals surface area contributed by atoms with E-state index in [1.807, 2.05) is 12.3 Å². The molecule has 0 spiro atoms. The summed E-state index contributed by atoms with van der Waals surface area (Å²) in [5, 5.41) is 0. The second-order valence-corrected chi connectivity index (χ2v) is 9.11. The SMILES string of the molecule is CN1CCC(c2nc3c(C4CCN(C(=O)c5ccc(OC(F)(F)F)cc5)CC4)ccnc3[nH]2)C1. The number of carbonyl (C=O) groups is 1. The molecule has 4 heterocycles. The normalized spacial score (nSPS) is 20.2. The highest BCUT2D eigenvalue weighted by molar-refractivity contribution is 5.94. The number of halogens is 3. The number of rotatable bonds is 4. The molecule has 2 aromatic heterocycles. The van der Waals surface area contributed by atoms with Crippen LogP contribution in [0.4, 0.5) is 13.2 Å². The number of likely N-dealkylation sites (tertiary alicyclic amines) is 2. The van der Waals surface area contributed by atoms with E-state index >= 15 is 0 Å². The lowest BCUT2D eigenvalue weighted by atomic mass is 9.89. The lowest BCUT2D eigenvalue weighted by Gasteiger charge is -2.32. The van der Waals surface area contributed by atoms with Crippen LogP contribution in [0.1, 0.15) is 52.8 Å². The minimum absolute atomic E-state index is 0.190. The number of ether oxygens (including phenoxy) is 1. The molecule has 1 aromatic carbocycles. The number of carbonyl (C=O) groups excluding carboxylic acids is 1. The van der Waals surface area contributed by atoms with Crippen molar-refractivity contribution in [3.63, 3.8) is 0 Å². The van der Waals surface area contributed by atoms with Crippen LogP contribution in [0.3, 0.4) is 0 Å². The second-order valence-electron chi connectivity index (χ2n) is 9.11. The predicted octanol–water partition coefficient (Wildman–Crippen LogP) is 4.30. The molecule has 1 N–H and O–H groups in total. The van der Waals surface area contributed by atoms with Crippen LogP contribution in [0, 0.1) is 0 Å². The summed E-state index contributed by atoms with van der Waals surface area (Å²) in [4.78, 5) is 29.7. The van der Waals surface area contributed by atoms with E-state index in [0.29, 0.717) is 24.6 Å². The van der Waals surface area contributed by atoms with Crippen molar-refractivity contribution in [3.8, 4) is 5.75 Å². The molecule has 2 fully saturated rings. The van der Waals surface area contributed by atoms with Gasteiger partial charge in [0.25, 0.3) is 5.91 Å². The van der Waals surface area contributed by atoms with Gasteiger partial charge in [-0.3, -0.25) is 4.79 Å². The van der Waals surface area contributed by atoms with Crippen molar-refractivity contribution in [2.75, 3.05) is 33.2 Å². The molecule has 3 aromatic rings. The van der Waals surface area contributed by atoms with Gasteiger partial charge in [0, 0.05) is 37.3 Å². The van der Waals surface area contributed by atoms with Crippen LogP contribution >= 0.6 is 0 Å². The third-order valence-corrected chi connectivity index (χ3v) is 6.77. The van der Waals surface area contributed by atoms with Gasteiger partial charge >= 0.3 is 6.36 Å². The first kappa shape index (κ1) is 22.6. The summed E-state index contributed by atoms with van der Waals surface area (Å²) in [6, 6.07) is 7.09. The highest BCUT2D eigenvalue weighted by Crippen LogP contribution is 2.34. The Balaban J connectivity index is 1.25. The Kier molecular flexibility index (Phi) is 5.93. The summed E-state index contributed by atoms with van der Waals surface area (Å²) in [7, 11) is 2.12. The molecular formula is C24H26F3N5O2. The number of piperidine rings is 1. The lowest BCUT2D eigenvalue weighted by Crippen LogP contribution is -2.38. The topological polar surface area (TPSA) is 74.3 Å². The van der Waals surface area contributed by atoms with Gasteiger partial charge in [0.05, 0.1) is 0 Å². The average molecular weight is 473 g/mol. The number of H-pyrrole nitrogens is 1. The number of hydrogen-bond donors (Lipinski definition) is 1. The van der Waals surface area contributed by atoms with Crippen molar-refractivity contribution < 1.29 is 22.7 Å². The van der Waals surface area contributed by atoms with Gasteiger partial charge in [-0.1, -0.05) is 0 Å². The molecule has 5 rings (SSSR count). The van der Waals surface area contributed by atoms with Gasteiger partial charge in [-0.05, 0) is 74.7 Å². The van der Waals surface area contributed by atoms with Gasteiger partial charge in [0.1, 0.15) is 17.1 Å². The van der Waals surface area contributed by atoms with Crippen LogP contribution in [0.2, 0.25) is 0 Å². The van der Waals surface area contributed by atoms with Gasteiger partial charge in [-0.15, -0.1) is 13.2 Å². The number of imidazole rings is 1. The van der Waals surface area contributed by atoms with Crippen LogP contribution in [0.15, 0.2) is 36.5 Å². The largest absolute Gasteiger partial charge is 0.573 e. The summed E-state index contributed by atoms with van der Waals surface area (Å²) in [5.41, 5.74) is 3.22. The molecular weight excluding hydrogens is 447 g/mol. The van der Waals surface area contributed by atoms with Crippen molar-refractivity contribution in [3.05, 3.63) is 53.5 Å². The monoisotopic (exact) mass is 473 g/mol. The van der Waals surface area contributed by atoms with E-state index in [2.05, 4.69) is 26.7 Å². The van der Waals surface area contributed by atoms with E-state index in [1.54, 1.807) is 4.90 Å². The number of fused-ring (bicyclic) bond motifs is 1. The third kappa shape index (κ3) is 4.72. The summed E-state index contributed by atoms with van der Waals surface area (Å²) in [6.45, 7) is 3.18. The van der Waals surface area contributed by atoms with Crippen LogP contribution < -0.4 is 4.74 Å². The molecule has 180 valence electrons. The zero-order valence-electron chi connectivity index (χ0n) is 18.8. The maximum atomic E-state index is 12.9. The number of likely N-dealkylation sites (N-methyl/N-ethyl adjacent to an activating group) is 1. The van der Waals surface area contributed by atoms with Gasteiger partial charge in [-0.2, -0.15) is 0 Å². The Morgan fingerprint density at radius 2 is 1.76 bits per heavy atom. The first-order valence-corrected chi connectivity index (χ1v) is 11.4. The smallest absolute Gasteiger partial charge is 0.406 e. The quantitative estimate of drug-likeness (QED) is 0.612. The molecule has 1 unspecified atom stereocenters. The fourth-order valence-electron chi connectivity index (χ4n) is 5.00. The van der Waals surface area contributed by atoms with Gasteiger partial charge in [-0.25, -0.2) is 9.97 Å². The van der Waals surface area contributed by atoms with Crippen LogP contribution in [-0.4, -0.2) is 70.2 Å². The number of pyridine rings is 1. The second kappa shape index (κ2) is 8.90. The summed E-state index contributed by atoms with van der Waals surface area (Å²) < 4.78 is 40.9. The first-order valence-electron chi connectivity index (χ1n) is 11.4. The Hall–Kier alpha value is -3.14. The van der Waals surface area contributed by atoms with Crippen molar-refractivity contribution >= 4 is 17.1 Å². The summed E-state index contributed by atoms with van der Waals surface area (Å²) >= 11 is 0. The van der Waals surface area contributed by atoms with E-state index in [-0.39, 0.29) is 17.6 Å². The van der Waals surface area contributed by atoms with Gasteiger partial charge in [0.2, 0.25) is 0 Å². The van der Waals surface area contributed by atoms with Crippen molar-refractivity contribution in [2.45, 2.75) is 37.5 Å². The zero-order valence-corrected chi connectivity index (χ0v) is 18.8. The summed E-state index contributed by atoms with van der Waals surface area (Å²) in [5.74, 6) is 1.11. The number of aromatic amines is 1. The number of nitrogens with one attached hydrogen (secondary N) is 1. The molecule has 0 aliphatic carbocycles. The maximum absolute atomic E-state index is 12.9. The predicted molar refractivity (Wildman–Crippen MR) is 120 cm³/mol. The molecule has 2 saturated heterocycles. The third-order valence-electron chi connectivity index (χ3n) is 6.77. The minimum atomic E-state index is -4.76. The highest BCUT2D eigenvalue weighted by Gasteiger charge is 2.32. The lowest BCUT2D eigenvalue weighted by molar-refractivity contribution is -0.274. The van der Waals surface area contributed by atoms with E-state index in [1.165, 1.54) is 24.3 Å². The molecule has 0 bridgehead atoms. The minimum Gasteiger partial charge on any atom is -0.406 e. The fraction of sp³-hybridized carbons (Fsp3) is 0.458. The number of alkyl halides is 3. The average Bonchev–Trinajstić information content (AvgIpc) is 3.44. The Morgan fingerprint density at radius 3 is 2.41 bits per heavy atom. The van der Waals surface area contributed by atoms with Crippen molar-refractivity contribution in [1.29, 1.82) is 0 Å². The van der Waals surface area contributed by atoms with E-state index in [0.717, 1.165) is 54.9 Å². The molecule has 7 nitrogen and oxygen atoms in total. The fourth-order valence-corrected chi connectivity index (χ4v) is 5.00. The van der Waals surface area contributed by atoms with Gasteiger partial charge in [0.15, 0.2) is 5.65 Å². The Morgan fingerprint density at radius 1 is 1.06 bits per heavy atom. The number of hydrogen-bond acceptors (Lipinski definition) is 5. The number of amides is 1. The number of nitrogens with zero attached hydrogens (tertiary/aromatic N) is 4. The zero-order chi connectivity index (χ0) is 23.9. The molecule has 34 heavy (non-hydrogen) atoms. The number of aromatic nitrogens is 3. The molecule has 1 amide bonds. The number of benzene rings is 1. The molecule has 2 aliphatic rings. The van der Waals surface area contributed by atoms with Crippen molar-refractivity contribution in [1.82, 2.24) is 24.8 Å².